The minimum Gasteiger partial charge on any atom is -0.481 e. The van der Waals surface area contributed by atoms with Crippen LogP contribution in [-0.2, 0) is 25.5 Å². The lowest BCUT2D eigenvalue weighted by atomic mass is 9.96. The lowest BCUT2D eigenvalue weighted by molar-refractivity contribution is -0.148. The molecule has 4 atom stereocenters. The molecular formula is C27H38N4O6S2. The van der Waals surface area contributed by atoms with Crippen molar-refractivity contribution in [2.75, 3.05) is 7.05 Å². The average Bonchev–Trinajstić information content (AvgIpc) is 3.30. The molecule has 214 valence electrons. The summed E-state index contributed by atoms with van der Waals surface area (Å²) in [6, 6.07) is -0.623. The highest BCUT2D eigenvalue weighted by molar-refractivity contribution is 7.10. The van der Waals surface area contributed by atoms with Gasteiger partial charge in [0.2, 0.25) is 5.91 Å². The monoisotopic (exact) mass is 578 g/mol. The fourth-order valence-electron chi connectivity index (χ4n) is 4.48. The Morgan fingerprint density at radius 2 is 1.90 bits per heavy atom. The van der Waals surface area contributed by atoms with Crippen LogP contribution < -0.4 is 5.32 Å². The van der Waals surface area contributed by atoms with Crippen LogP contribution >= 0.6 is 22.7 Å². The van der Waals surface area contributed by atoms with Gasteiger partial charge in [-0.2, -0.15) is 0 Å². The van der Waals surface area contributed by atoms with E-state index in [0.717, 1.165) is 17.8 Å². The minimum absolute atomic E-state index is 0.0823. The summed E-state index contributed by atoms with van der Waals surface area (Å²) >= 11 is 2.66. The third-order valence-corrected chi connectivity index (χ3v) is 8.65. The van der Waals surface area contributed by atoms with Gasteiger partial charge in [-0.25, -0.2) is 9.97 Å². The number of nitrogens with zero attached hydrogens (tertiary/aromatic N) is 3. The molecule has 2 amide bonds. The number of carboxylic acids is 1. The van der Waals surface area contributed by atoms with Crippen LogP contribution in [0.4, 0.5) is 0 Å². The van der Waals surface area contributed by atoms with Crippen molar-refractivity contribution >= 4 is 46.4 Å². The molecule has 12 heteroatoms. The Kier molecular flexibility index (Phi) is 11.0. The molecule has 3 rings (SSSR count). The number of amides is 2. The molecular weight excluding hydrogens is 540 g/mol. The molecule has 0 spiro atoms. The molecule has 0 radical (unpaired) electrons. The smallest absolute Gasteiger partial charge is 0.306 e. The van der Waals surface area contributed by atoms with Crippen molar-refractivity contribution in [2.24, 2.45) is 17.8 Å². The van der Waals surface area contributed by atoms with Crippen molar-refractivity contribution in [3.63, 3.8) is 0 Å². The first-order valence-electron chi connectivity index (χ1n) is 13.2. The highest BCUT2D eigenvalue weighted by Gasteiger charge is 2.33. The third-order valence-electron chi connectivity index (χ3n) is 6.91. The van der Waals surface area contributed by atoms with Crippen LogP contribution in [0.3, 0.4) is 0 Å². The summed E-state index contributed by atoms with van der Waals surface area (Å²) in [5.74, 6) is -1.83. The Balaban J connectivity index is 1.74. The van der Waals surface area contributed by atoms with Gasteiger partial charge in [0.15, 0.2) is 6.10 Å². The SMILES string of the molecule is CC(=O)OC(CC(C(C)C)N(C)C(=O)CC1CC1)c1nc(C(=O)NC(Cc2nccs2)CC(C)C(=O)O)cs1. The molecule has 0 aromatic carbocycles. The van der Waals surface area contributed by atoms with Gasteiger partial charge in [0.05, 0.1) is 10.9 Å². The molecule has 2 N–H and O–H groups in total. The van der Waals surface area contributed by atoms with E-state index in [2.05, 4.69) is 15.3 Å². The first-order chi connectivity index (χ1) is 18.4. The van der Waals surface area contributed by atoms with Gasteiger partial charge in [0.25, 0.3) is 5.91 Å². The number of carbonyl (C=O) groups is 4. The highest BCUT2D eigenvalue weighted by atomic mass is 32.1. The van der Waals surface area contributed by atoms with Gasteiger partial charge in [-0.05, 0) is 31.1 Å². The van der Waals surface area contributed by atoms with Crippen molar-refractivity contribution in [1.29, 1.82) is 0 Å². The summed E-state index contributed by atoms with van der Waals surface area (Å²) in [6.45, 7) is 6.98. The number of hydrogen-bond donors (Lipinski definition) is 2. The summed E-state index contributed by atoms with van der Waals surface area (Å²) < 4.78 is 5.63. The maximum atomic E-state index is 13.1. The van der Waals surface area contributed by atoms with Crippen LogP contribution in [0.25, 0.3) is 0 Å². The topological polar surface area (TPSA) is 139 Å². The predicted molar refractivity (Wildman–Crippen MR) is 148 cm³/mol. The number of rotatable bonds is 15. The maximum Gasteiger partial charge on any atom is 0.306 e. The van der Waals surface area contributed by atoms with Gasteiger partial charge in [0.1, 0.15) is 10.7 Å². The molecule has 39 heavy (non-hydrogen) atoms. The molecule has 1 aliphatic rings. The molecule has 1 fully saturated rings. The van der Waals surface area contributed by atoms with E-state index in [1.54, 1.807) is 30.4 Å². The zero-order valence-corrected chi connectivity index (χ0v) is 24.7. The van der Waals surface area contributed by atoms with E-state index >= 15 is 0 Å². The minimum atomic E-state index is -0.936. The fraction of sp³-hybridized carbons (Fsp3) is 0.630. The number of hydrogen-bond acceptors (Lipinski definition) is 9. The zero-order chi connectivity index (χ0) is 28.7. The highest BCUT2D eigenvalue weighted by Crippen LogP contribution is 2.35. The number of aliphatic carboxylic acids is 1. The first-order valence-corrected chi connectivity index (χ1v) is 15.0. The Morgan fingerprint density at radius 3 is 2.46 bits per heavy atom. The quantitative estimate of drug-likeness (QED) is 0.298. The van der Waals surface area contributed by atoms with Crippen molar-refractivity contribution in [3.05, 3.63) is 32.7 Å². The van der Waals surface area contributed by atoms with E-state index in [1.165, 1.54) is 29.6 Å². The van der Waals surface area contributed by atoms with E-state index < -0.39 is 35.9 Å². The number of thiazole rings is 2. The summed E-state index contributed by atoms with van der Waals surface area (Å²) in [4.78, 5) is 59.9. The fourth-order valence-corrected chi connectivity index (χ4v) is 6.02. The van der Waals surface area contributed by atoms with Crippen LogP contribution in [0, 0.1) is 17.8 Å². The van der Waals surface area contributed by atoms with Gasteiger partial charge in [-0.3, -0.25) is 19.2 Å². The van der Waals surface area contributed by atoms with Crippen LogP contribution in [0.5, 0.6) is 0 Å². The summed E-state index contributed by atoms with van der Waals surface area (Å²) in [7, 11) is 1.79. The van der Waals surface area contributed by atoms with Gasteiger partial charge in [0, 0.05) is 62.3 Å². The second-order valence-corrected chi connectivity index (χ2v) is 12.5. The molecule has 10 nitrogen and oxygen atoms in total. The third kappa shape index (κ3) is 9.38. The van der Waals surface area contributed by atoms with Crippen LogP contribution in [-0.4, -0.2) is 62.9 Å². The number of aromatic nitrogens is 2. The van der Waals surface area contributed by atoms with Gasteiger partial charge < -0.3 is 20.1 Å². The Hall–Kier alpha value is -2.86. The second-order valence-electron chi connectivity index (χ2n) is 10.6. The van der Waals surface area contributed by atoms with Crippen LogP contribution in [0.1, 0.15) is 86.4 Å². The number of carboxylic acid groups (broad SMARTS) is 1. The van der Waals surface area contributed by atoms with Gasteiger partial charge in [-0.1, -0.05) is 20.8 Å². The second kappa shape index (κ2) is 14.0. The summed E-state index contributed by atoms with van der Waals surface area (Å²) in [6.07, 6.45) is 4.68. The predicted octanol–water partition coefficient (Wildman–Crippen LogP) is 4.33. The number of ether oxygens (including phenoxy) is 1. The number of carbonyl (C=O) groups excluding carboxylic acids is 3. The van der Waals surface area contributed by atoms with Crippen molar-refractivity contribution in [2.45, 2.75) is 84.4 Å². The van der Waals surface area contributed by atoms with E-state index in [4.69, 9.17) is 4.74 Å². The lowest BCUT2D eigenvalue weighted by Crippen LogP contribution is -2.42. The molecule has 1 aliphatic carbocycles. The molecule has 0 bridgehead atoms. The van der Waals surface area contributed by atoms with E-state index in [1.807, 2.05) is 19.2 Å². The molecule has 2 heterocycles. The molecule has 2 aromatic heterocycles. The van der Waals surface area contributed by atoms with Crippen molar-refractivity contribution in [1.82, 2.24) is 20.2 Å². The van der Waals surface area contributed by atoms with Crippen LogP contribution in [0.2, 0.25) is 0 Å². The Morgan fingerprint density at radius 1 is 1.18 bits per heavy atom. The van der Waals surface area contributed by atoms with Crippen molar-refractivity contribution in [3.8, 4) is 0 Å². The molecule has 0 aliphatic heterocycles. The molecule has 0 saturated heterocycles. The summed E-state index contributed by atoms with van der Waals surface area (Å²) in [5, 5.41) is 17.0. The largest absolute Gasteiger partial charge is 0.481 e. The Labute approximate surface area is 237 Å². The van der Waals surface area contributed by atoms with E-state index in [-0.39, 0.29) is 30.0 Å². The first kappa shape index (κ1) is 30.7. The normalized spacial score (nSPS) is 16.3. The van der Waals surface area contributed by atoms with Crippen molar-refractivity contribution < 1.29 is 29.0 Å². The lowest BCUT2D eigenvalue weighted by Gasteiger charge is -2.33. The van der Waals surface area contributed by atoms with E-state index in [9.17, 15) is 24.3 Å². The standard InChI is InChI=1S/C27H38N4O6S2/c1-15(2)21(31(5)24(33)11-18-6-7-18)13-22(37-17(4)32)26-30-20(14-39-26)25(34)29-19(10-16(3)27(35)36)12-23-28-8-9-38-23/h8-9,14-16,18-19,21-22H,6-7,10-13H2,1-5H3,(H,29,34)(H,35,36). The van der Waals surface area contributed by atoms with E-state index in [0.29, 0.717) is 30.2 Å². The molecule has 4 unspecified atom stereocenters. The Bertz CT molecular complexity index is 1130. The molecule has 1 saturated carbocycles. The zero-order valence-electron chi connectivity index (χ0n) is 23.1. The molecule has 2 aromatic rings. The van der Waals surface area contributed by atoms with Crippen LogP contribution in [0.15, 0.2) is 17.0 Å². The van der Waals surface area contributed by atoms with Gasteiger partial charge >= 0.3 is 11.9 Å². The maximum absolute atomic E-state index is 13.1. The van der Waals surface area contributed by atoms with Gasteiger partial charge in [-0.15, -0.1) is 22.7 Å². The number of nitrogens with one attached hydrogen (secondary N) is 1. The summed E-state index contributed by atoms with van der Waals surface area (Å²) in [5.41, 5.74) is 0.165. The number of esters is 1. The average molecular weight is 579 g/mol.